The average molecular weight is 314 g/mol. The van der Waals surface area contributed by atoms with Crippen molar-refractivity contribution in [2.75, 3.05) is 13.2 Å². The normalized spacial score (nSPS) is 21.6. The molecule has 1 aromatic carbocycles. The number of aliphatic carboxylic acids is 1. The summed E-state index contributed by atoms with van der Waals surface area (Å²) in [7, 11) is 0. The number of halogens is 2. The van der Waals surface area contributed by atoms with Crippen LogP contribution in [0.25, 0.3) is 6.08 Å². The van der Waals surface area contributed by atoms with Crippen LogP contribution in [0.4, 0.5) is 4.39 Å². The number of carbonyl (C=O) groups excluding carboxylic acids is 1. The molecule has 1 aliphatic rings. The molecule has 1 aromatic rings. The number of carbonyl (C=O) groups is 2. The molecule has 0 saturated carbocycles. The highest BCUT2D eigenvalue weighted by Crippen LogP contribution is 2.20. The Bertz CT molecular complexity index is 570. The van der Waals surface area contributed by atoms with Crippen molar-refractivity contribution in [3.8, 4) is 0 Å². The zero-order valence-corrected chi connectivity index (χ0v) is 11.6. The smallest absolute Gasteiger partial charge is 0.311 e. The second kappa shape index (κ2) is 6.69. The van der Waals surface area contributed by atoms with Gasteiger partial charge in [0, 0.05) is 11.6 Å². The molecule has 1 fully saturated rings. The minimum atomic E-state index is -1.03. The molecular formula is C14H13ClFNO4. The molecule has 0 spiro atoms. The van der Waals surface area contributed by atoms with Gasteiger partial charge in [-0.1, -0.05) is 17.7 Å². The molecule has 7 heteroatoms. The third-order valence-corrected chi connectivity index (χ3v) is 3.46. The molecule has 0 aliphatic carbocycles. The molecule has 1 aliphatic heterocycles. The third kappa shape index (κ3) is 3.80. The largest absolute Gasteiger partial charge is 0.481 e. The van der Waals surface area contributed by atoms with Crippen molar-refractivity contribution in [1.29, 1.82) is 0 Å². The van der Waals surface area contributed by atoms with Crippen molar-refractivity contribution in [2.45, 2.75) is 6.04 Å². The molecule has 0 radical (unpaired) electrons. The average Bonchev–Trinajstić information content (AvgIpc) is 2.86. The van der Waals surface area contributed by atoms with Crippen LogP contribution >= 0.6 is 11.6 Å². The van der Waals surface area contributed by atoms with Gasteiger partial charge >= 0.3 is 5.97 Å². The van der Waals surface area contributed by atoms with E-state index in [1.807, 2.05) is 0 Å². The zero-order valence-electron chi connectivity index (χ0n) is 10.9. The fraction of sp³-hybridized carbons (Fsp3) is 0.286. The summed E-state index contributed by atoms with van der Waals surface area (Å²) in [4.78, 5) is 22.7. The van der Waals surface area contributed by atoms with Crippen molar-refractivity contribution in [2.24, 2.45) is 5.92 Å². The van der Waals surface area contributed by atoms with Crippen LogP contribution in [0.1, 0.15) is 5.56 Å². The maximum absolute atomic E-state index is 13.5. The van der Waals surface area contributed by atoms with E-state index in [-0.39, 0.29) is 23.8 Å². The Balaban J connectivity index is 2.02. The number of nitrogens with one attached hydrogen (secondary N) is 1. The summed E-state index contributed by atoms with van der Waals surface area (Å²) < 4.78 is 18.5. The van der Waals surface area contributed by atoms with Crippen LogP contribution in [-0.2, 0) is 14.3 Å². The summed E-state index contributed by atoms with van der Waals surface area (Å²) in [6, 6.07) is 3.60. The van der Waals surface area contributed by atoms with Gasteiger partial charge in [-0.15, -0.1) is 0 Å². The van der Waals surface area contributed by atoms with Gasteiger partial charge in [0.2, 0.25) is 5.91 Å². The van der Waals surface area contributed by atoms with E-state index in [9.17, 15) is 14.0 Å². The van der Waals surface area contributed by atoms with E-state index in [2.05, 4.69) is 5.32 Å². The second-order valence-corrected chi connectivity index (χ2v) is 4.97. The van der Waals surface area contributed by atoms with Crippen LogP contribution in [0.5, 0.6) is 0 Å². The summed E-state index contributed by atoms with van der Waals surface area (Å²) in [5.41, 5.74) is 0.103. The fourth-order valence-electron chi connectivity index (χ4n) is 2.00. The van der Waals surface area contributed by atoms with E-state index < -0.39 is 29.7 Å². The van der Waals surface area contributed by atoms with Gasteiger partial charge in [-0.05, 0) is 18.2 Å². The number of amides is 1. The van der Waals surface area contributed by atoms with Crippen LogP contribution < -0.4 is 5.32 Å². The minimum Gasteiger partial charge on any atom is -0.481 e. The Morgan fingerprint density at radius 1 is 1.43 bits per heavy atom. The van der Waals surface area contributed by atoms with E-state index in [0.717, 1.165) is 6.08 Å². The first-order chi connectivity index (χ1) is 9.99. The first-order valence-corrected chi connectivity index (χ1v) is 6.60. The molecule has 2 unspecified atom stereocenters. The summed E-state index contributed by atoms with van der Waals surface area (Å²) >= 11 is 5.83. The Labute approximate surface area is 125 Å². The highest BCUT2D eigenvalue weighted by atomic mass is 35.5. The van der Waals surface area contributed by atoms with E-state index in [1.54, 1.807) is 0 Å². The van der Waals surface area contributed by atoms with Crippen LogP contribution in [0.3, 0.4) is 0 Å². The SMILES string of the molecule is O=C(C=Cc1c(F)cccc1Cl)NC1COCC1C(=O)O. The fourth-order valence-corrected chi connectivity index (χ4v) is 2.23. The van der Waals surface area contributed by atoms with Crippen LogP contribution in [-0.4, -0.2) is 36.2 Å². The predicted octanol–water partition coefficient (Wildman–Crippen LogP) is 1.71. The van der Waals surface area contributed by atoms with Crippen LogP contribution in [0, 0.1) is 11.7 Å². The van der Waals surface area contributed by atoms with Crippen LogP contribution in [0.2, 0.25) is 5.02 Å². The Hall–Kier alpha value is -1.92. The van der Waals surface area contributed by atoms with Gasteiger partial charge in [-0.25, -0.2) is 4.39 Å². The number of hydrogen-bond donors (Lipinski definition) is 2. The van der Waals surface area contributed by atoms with Crippen molar-refractivity contribution < 1.29 is 23.8 Å². The van der Waals surface area contributed by atoms with E-state index >= 15 is 0 Å². The highest BCUT2D eigenvalue weighted by Gasteiger charge is 2.34. The quantitative estimate of drug-likeness (QED) is 0.830. The Morgan fingerprint density at radius 2 is 2.19 bits per heavy atom. The standard InChI is InChI=1S/C14H13ClFNO4/c15-10-2-1-3-11(16)8(10)4-5-13(18)17-12-7-21-6-9(12)14(19)20/h1-5,9,12H,6-7H2,(H,17,18)(H,19,20). The number of hydrogen-bond acceptors (Lipinski definition) is 3. The topological polar surface area (TPSA) is 75.6 Å². The number of benzene rings is 1. The number of rotatable bonds is 4. The molecule has 0 bridgehead atoms. The van der Waals surface area contributed by atoms with Gasteiger partial charge in [-0.3, -0.25) is 9.59 Å². The lowest BCUT2D eigenvalue weighted by molar-refractivity contribution is -0.142. The lowest BCUT2D eigenvalue weighted by Crippen LogP contribution is -2.41. The van der Waals surface area contributed by atoms with Gasteiger partial charge in [0.15, 0.2) is 0 Å². The summed E-state index contributed by atoms with van der Waals surface area (Å²) in [6.07, 6.45) is 2.36. The lowest BCUT2D eigenvalue weighted by atomic mass is 10.0. The molecule has 5 nitrogen and oxygen atoms in total. The molecule has 1 amide bonds. The molecule has 112 valence electrons. The van der Waals surface area contributed by atoms with Crippen molar-refractivity contribution in [1.82, 2.24) is 5.32 Å². The van der Waals surface area contributed by atoms with E-state index in [4.69, 9.17) is 21.4 Å². The second-order valence-electron chi connectivity index (χ2n) is 4.57. The Morgan fingerprint density at radius 3 is 2.86 bits per heavy atom. The minimum absolute atomic E-state index is 0.0587. The molecular weight excluding hydrogens is 301 g/mol. The van der Waals surface area contributed by atoms with Crippen molar-refractivity contribution >= 4 is 29.6 Å². The Kier molecular flexibility index (Phi) is 4.93. The van der Waals surface area contributed by atoms with Gasteiger partial charge < -0.3 is 15.2 Å². The lowest BCUT2D eigenvalue weighted by Gasteiger charge is -2.14. The summed E-state index contributed by atoms with van der Waals surface area (Å²) in [6.45, 7) is 0.195. The van der Waals surface area contributed by atoms with Crippen molar-refractivity contribution in [3.05, 3.63) is 40.7 Å². The van der Waals surface area contributed by atoms with E-state index in [1.165, 1.54) is 24.3 Å². The predicted molar refractivity (Wildman–Crippen MR) is 74.3 cm³/mol. The van der Waals surface area contributed by atoms with Crippen LogP contribution in [0.15, 0.2) is 24.3 Å². The molecule has 2 atom stereocenters. The summed E-state index contributed by atoms with van der Waals surface area (Å²) in [5, 5.41) is 11.7. The molecule has 2 N–H and O–H groups in total. The molecule has 2 rings (SSSR count). The number of ether oxygens (including phenoxy) is 1. The summed E-state index contributed by atoms with van der Waals surface area (Å²) in [5.74, 6) is -2.88. The van der Waals surface area contributed by atoms with Gasteiger partial charge in [0.25, 0.3) is 0 Å². The zero-order chi connectivity index (χ0) is 15.4. The number of carboxylic acids is 1. The van der Waals surface area contributed by atoms with Gasteiger partial charge in [-0.2, -0.15) is 0 Å². The van der Waals surface area contributed by atoms with Crippen molar-refractivity contribution in [3.63, 3.8) is 0 Å². The molecule has 1 heterocycles. The molecule has 0 aromatic heterocycles. The van der Waals surface area contributed by atoms with Gasteiger partial charge in [0.1, 0.15) is 11.7 Å². The number of carboxylic acid groups (broad SMARTS) is 1. The van der Waals surface area contributed by atoms with Gasteiger partial charge in [0.05, 0.1) is 24.3 Å². The third-order valence-electron chi connectivity index (χ3n) is 3.13. The highest BCUT2D eigenvalue weighted by molar-refractivity contribution is 6.32. The first-order valence-electron chi connectivity index (χ1n) is 6.22. The molecule has 1 saturated heterocycles. The maximum Gasteiger partial charge on any atom is 0.311 e. The maximum atomic E-state index is 13.5. The van der Waals surface area contributed by atoms with E-state index in [0.29, 0.717) is 0 Å². The monoisotopic (exact) mass is 313 g/mol. The first kappa shape index (κ1) is 15.5. The molecule has 21 heavy (non-hydrogen) atoms.